The standard InChI is InChI=1S/C31H34NOP/c1-4-12-25(13-5-1)22-27-18-19-29(33-24-26-14-6-2-7-15-26)31(23-27)34-30-17-9-8-16-28(30)32-20-10-3-11-21-32/h1-2,4-9,12,14-19,23,25,34H,3,10-11,13,20-22,24H2. The minimum atomic E-state index is 0.576. The Kier molecular flexibility index (Phi) is 7.78. The Morgan fingerprint density at radius 1 is 0.794 bits per heavy atom. The summed E-state index contributed by atoms with van der Waals surface area (Å²) in [7, 11) is 0.576. The van der Waals surface area contributed by atoms with E-state index in [2.05, 4.69) is 102 Å². The summed E-state index contributed by atoms with van der Waals surface area (Å²) in [6.45, 7) is 2.93. The van der Waals surface area contributed by atoms with Crippen LogP contribution in [0, 0.1) is 5.92 Å². The summed E-state index contributed by atoms with van der Waals surface area (Å²) in [6, 6.07) is 26.3. The van der Waals surface area contributed by atoms with Crippen LogP contribution < -0.4 is 20.2 Å². The number of hydrogen-bond acceptors (Lipinski definition) is 2. The Bertz CT molecular complexity index is 1130. The molecule has 2 unspecified atom stereocenters. The molecule has 3 heteroatoms. The van der Waals surface area contributed by atoms with Crippen molar-refractivity contribution in [2.45, 2.75) is 38.7 Å². The van der Waals surface area contributed by atoms with Gasteiger partial charge in [-0.1, -0.05) is 87.5 Å². The van der Waals surface area contributed by atoms with Crippen molar-refractivity contribution in [1.82, 2.24) is 0 Å². The third kappa shape index (κ3) is 5.99. The molecule has 0 radical (unpaired) electrons. The van der Waals surface area contributed by atoms with Gasteiger partial charge in [-0.05, 0) is 67.3 Å². The number of benzene rings is 3. The number of ether oxygens (including phenoxy) is 1. The van der Waals surface area contributed by atoms with Crippen molar-refractivity contribution < 1.29 is 4.74 Å². The van der Waals surface area contributed by atoms with Crippen LogP contribution in [0.25, 0.3) is 0 Å². The maximum Gasteiger partial charge on any atom is 0.127 e. The third-order valence-electron chi connectivity index (χ3n) is 6.72. The molecule has 1 heterocycles. The van der Waals surface area contributed by atoms with E-state index in [1.54, 1.807) is 0 Å². The van der Waals surface area contributed by atoms with Crippen LogP contribution >= 0.6 is 8.58 Å². The van der Waals surface area contributed by atoms with Crippen molar-refractivity contribution in [3.63, 3.8) is 0 Å². The zero-order valence-corrected chi connectivity index (χ0v) is 20.8. The normalized spacial score (nSPS) is 18.0. The average Bonchev–Trinajstić information content (AvgIpc) is 2.90. The third-order valence-corrected chi connectivity index (χ3v) is 8.07. The van der Waals surface area contributed by atoms with Crippen molar-refractivity contribution in [2.24, 2.45) is 5.92 Å². The summed E-state index contributed by atoms with van der Waals surface area (Å²) in [5.41, 5.74) is 4.00. The van der Waals surface area contributed by atoms with Crippen LogP contribution in [0.1, 0.15) is 36.8 Å². The number of para-hydroxylation sites is 1. The lowest BCUT2D eigenvalue weighted by Crippen LogP contribution is -2.32. The van der Waals surface area contributed by atoms with E-state index in [-0.39, 0.29) is 0 Å². The fraction of sp³-hybridized carbons (Fsp3) is 0.290. The van der Waals surface area contributed by atoms with Gasteiger partial charge in [-0.3, -0.25) is 0 Å². The highest BCUT2D eigenvalue weighted by Gasteiger charge is 2.17. The fourth-order valence-electron chi connectivity index (χ4n) is 4.88. The van der Waals surface area contributed by atoms with Crippen LogP contribution in [-0.4, -0.2) is 13.1 Å². The van der Waals surface area contributed by atoms with Gasteiger partial charge in [0.05, 0.1) is 0 Å². The molecule has 0 bridgehead atoms. The summed E-state index contributed by atoms with van der Waals surface area (Å²) in [6.07, 6.45) is 15.1. The molecule has 1 aliphatic carbocycles. The summed E-state index contributed by atoms with van der Waals surface area (Å²) < 4.78 is 6.39. The van der Waals surface area contributed by atoms with E-state index < -0.39 is 0 Å². The first-order chi connectivity index (χ1) is 16.8. The number of allylic oxidation sites excluding steroid dienone is 4. The van der Waals surface area contributed by atoms with E-state index in [4.69, 9.17) is 4.74 Å². The Morgan fingerprint density at radius 2 is 1.62 bits per heavy atom. The van der Waals surface area contributed by atoms with E-state index in [0.29, 0.717) is 21.1 Å². The molecule has 0 spiro atoms. The van der Waals surface area contributed by atoms with Gasteiger partial charge in [0.2, 0.25) is 0 Å². The molecule has 3 aromatic rings. The topological polar surface area (TPSA) is 12.5 Å². The quantitative estimate of drug-likeness (QED) is 0.348. The summed E-state index contributed by atoms with van der Waals surface area (Å²) >= 11 is 0. The molecule has 34 heavy (non-hydrogen) atoms. The van der Waals surface area contributed by atoms with Crippen molar-refractivity contribution in [3.8, 4) is 5.75 Å². The molecular weight excluding hydrogens is 433 g/mol. The molecule has 0 aromatic heterocycles. The second-order valence-corrected chi connectivity index (χ2v) is 10.6. The van der Waals surface area contributed by atoms with Crippen molar-refractivity contribution in [2.75, 3.05) is 18.0 Å². The first-order valence-electron chi connectivity index (χ1n) is 12.6. The van der Waals surface area contributed by atoms with Crippen molar-refractivity contribution >= 4 is 24.9 Å². The molecule has 2 nitrogen and oxygen atoms in total. The van der Waals surface area contributed by atoms with Crippen molar-refractivity contribution in [3.05, 3.63) is 108 Å². The van der Waals surface area contributed by atoms with Gasteiger partial charge in [0.15, 0.2) is 0 Å². The molecule has 174 valence electrons. The van der Waals surface area contributed by atoms with E-state index >= 15 is 0 Å². The monoisotopic (exact) mass is 467 g/mol. The number of rotatable bonds is 8. The molecule has 1 aliphatic heterocycles. The highest BCUT2D eigenvalue weighted by atomic mass is 31.1. The first-order valence-corrected chi connectivity index (χ1v) is 13.6. The van der Waals surface area contributed by atoms with Gasteiger partial charge in [0.25, 0.3) is 0 Å². The molecule has 1 fully saturated rings. The SMILES string of the molecule is C1=CCC(Cc2ccc(OCc3ccccc3)c(Pc3ccccc3N3CCCCC3)c2)C=C1. The minimum absolute atomic E-state index is 0.576. The number of nitrogens with zero attached hydrogens (tertiary/aromatic N) is 1. The van der Waals surface area contributed by atoms with Gasteiger partial charge in [-0.15, -0.1) is 0 Å². The Hall–Kier alpha value is -2.83. The maximum absolute atomic E-state index is 6.39. The van der Waals surface area contributed by atoms with Gasteiger partial charge in [0, 0.05) is 29.4 Å². The molecule has 3 aromatic carbocycles. The lowest BCUT2D eigenvalue weighted by molar-refractivity contribution is 0.309. The average molecular weight is 468 g/mol. The molecule has 0 amide bonds. The van der Waals surface area contributed by atoms with Crippen LogP contribution in [0.4, 0.5) is 5.69 Å². The van der Waals surface area contributed by atoms with E-state index in [1.165, 1.54) is 59.8 Å². The number of hydrogen-bond donors (Lipinski definition) is 0. The highest BCUT2D eigenvalue weighted by molar-refractivity contribution is 7.56. The van der Waals surface area contributed by atoms with Crippen LogP contribution in [0.5, 0.6) is 5.75 Å². The molecule has 1 saturated heterocycles. The Morgan fingerprint density at radius 3 is 2.44 bits per heavy atom. The second-order valence-electron chi connectivity index (χ2n) is 9.31. The van der Waals surface area contributed by atoms with Gasteiger partial charge < -0.3 is 9.64 Å². The molecular formula is C31H34NOP. The molecule has 0 saturated carbocycles. The van der Waals surface area contributed by atoms with Crippen molar-refractivity contribution in [1.29, 1.82) is 0 Å². The van der Waals surface area contributed by atoms with Crippen LogP contribution in [-0.2, 0) is 13.0 Å². The predicted octanol–water partition coefficient (Wildman–Crippen LogP) is 6.56. The maximum atomic E-state index is 6.39. The van der Waals surface area contributed by atoms with Gasteiger partial charge in [0.1, 0.15) is 12.4 Å². The fourth-order valence-corrected chi connectivity index (χ4v) is 6.26. The number of anilines is 1. The van der Waals surface area contributed by atoms with E-state index in [0.717, 1.165) is 18.6 Å². The van der Waals surface area contributed by atoms with Crippen LogP contribution in [0.3, 0.4) is 0 Å². The number of piperidine rings is 1. The summed E-state index contributed by atoms with van der Waals surface area (Å²) in [4.78, 5) is 2.58. The van der Waals surface area contributed by atoms with Gasteiger partial charge in [-0.2, -0.15) is 0 Å². The second kappa shape index (κ2) is 11.5. The molecule has 2 atom stereocenters. The van der Waals surface area contributed by atoms with Crippen LogP contribution in [0.2, 0.25) is 0 Å². The predicted molar refractivity (Wildman–Crippen MR) is 147 cm³/mol. The zero-order valence-electron chi connectivity index (χ0n) is 19.8. The Labute approximate surface area is 206 Å². The summed E-state index contributed by atoms with van der Waals surface area (Å²) in [5.74, 6) is 1.59. The largest absolute Gasteiger partial charge is 0.488 e. The van der Waals surface area contributed by atoms with Gasteiger partial charge in [-0.25, -0.2) is 0 Å². The lowest BCUT2D eigenvalue weighted by atomic mass is 9.93. The lowest BCUT2D eigenvalue weighted by Gasteiger charge is -2.30. The summed E-state index contributed by atoms with van der Waals surface area (Å²) in [5, 5.41) is 2.74. The zero-order chi connectivity index (χ0) is 23.0. The molecule has 5 rings (SSSR count). The highest BCUT2D eigenvalue weighted by Crippen LogP contribution is 2.29. The minimum Gasteiger partial charge on any atom is -0.488 e. The van der Waals surface area contributed by atoms with Crippen LogP contribution in [0.15, 0.2) is 97.1 Å². The van der Waals surface area contributed by atoms with E-state index in [9.17, 15) is 0 Å². The van der Waals surface area contributed by atoms with Gasteiger partial charge >= 0.3 is 0 Å². The Balaban J connectivity index is 1.41. The first kappa shape index (κ1) is 22.9. The molecule has 0 N–H and O–H groups in total. The smallest absolute Gasteiger partial charge is 0.127 e. The molecule has 2 aliphatic rings. The van der Waals surface area contributed by atoms with E-state index in [1.807, 2.05) is 0 Å².